The van der Waals surface area contributed by atoms with Gasteiger partial charge in [-0.05, 0) is 93.2 Å². The van der Waals surface area contributed by atoms with E-state index in [1.165, 1.54) is 74.5 Å². The topological polar surface area (TPSA) is 345 Å². The zero-order valence-corrected chi connectivity index (χ0v) is 49.7. The van der Waals surface area contributed by atoms with E-state index < -0.39 is 21.5 Å². The maximum absolute atomic E-state index is 11.8. The number of hydrogen-bond acceptors (Lipinski definition) is 16. The number of para-hydroxylation sites is 5. The second kappa shape index (κ2) is 38.7. The van der Waals surface area contributed by atoms with Crippen molar-refractivity contribution in [2.45, 2.75) is 82.2 Å². The van der Waals surface area contributed by atoms with Crippen molar-refractivity contribution in [3.63, 3.8) is 0 Å². The molecule has 0 atom stereocenters. The fourth-order valence-electron chi connectivity index (χ4n) is 7.32. The van der Waals surface area contributed by atoms with E-state index in [9.17, 15) is 48.9 Å². The maximum Gasteiger partial charge on any atom is 0.294 e. The number of halogens is 1. The first-order valence-electron chi connectivity index (χ1n) is 25.9. The van der Waals surface area contributed by atoms with Gasteiger partial charge >= 0.3 is 48.5 Å². The van der Waals surface area contributed by atoms with Crippen molar-refractivity contribution in [2.24, 2.45) is 0 Å². The van der Waals surface area contributed by atoms with Gasteiger partial charge in [0.05, 0.1) is 72.5 Å². The van der Waals surface area contributed by atoms with E-state index in [1.54, 1.807) is 93.9 Å². The van der Waals surface area contributed by atoms with Gasteiger partial charge in [0.2, 0.25) is 23.0 Å². The smallest absolute Gasteiger partial charge is 0.294 e. The summed E-state index contributed by atoms with van der Waals surface area (Å²) in [5.41, 5.74) is 10.7. The van der Waals surface area contributed by atoms with Crippen LogP contribution in [0.15, 0.2) is 158 Å². The number of carbonyl (C=O) groups is 5. The van der Waals surface area contributed by atoms with Gasteiger partial charge < -0.3 is 25.5 Å². The van der Waals surface area contributed by atoms with Gasteiger partial charge in [0.15, 0.2) is 0 Å². The minimum atomic E-state index is -0.566. The predicted octanol–water partition coefficient (Wildman–Crippen LogP) is 13.5. The molecule has 27 heteroatoms. The van der Waals surface area contributed by atoms with Crippen LogP contribution in [0.5, 0.6) is 0 Å². The van der Waals surface area contributed by atoms with Crippen LogP contribution in [-0.4, -0.2) is 101 Å². The van der Waals surface area contributed by atoms with Gasteiger partial charge in [0.25, 0.3) is 11.4 Å². The minimum Gasteiger partial charge on any atom is -0.361 e. The summed E-state index contributed by atoms with van der Waals surface area (Å²) in [5.74, 6) is -0.370. The summed E-state index contributed by atoms with van der Waals surface area (Å²) >= 11 is 4.64. The van der Waals surface area contributed by atoms with E-state index in [2.05, 4.69) is 54.8 Å². The number of rotatable bonds is 7. The van der Waals surface area contributed by atoms with Crippen LogP contribution in [0.4, 0.5) is 27.5 Å². The number of aromatic amines is 2. The largest absolute Gasteiger partial charge is 0.361 e. The van der Waals surface area contributed by atoms with Gasteiger partial charge in [-0.2, -0.15) is 5.26 Å². The third-order valence-corrected chi connectivity index (χ3v) is 10.5. The van der Waals surface area contributed by atoms with Crippen LogP contribution in [0.25, 0.3) is 54.5 Å². The number of aromatic nitrogens is 5. The average Bonchev–Trinajstić information content (AvgIpc) is 2.07. The van der Waals surface area contributed by atoms with Crippen molar-refractivity contribution in [1.29, 1.82) is 5.26 Å². The Morgan fingerprint density at radius 2 is 1.13 bits per heavy atom. The van der Waals surface area contributed by atoms with E-state index in [1.807, 2.05) is 79.0 Å². The summed E-state index contributed by atoms with van der Waals surface area (Å²) in [6.07, 6.45) is 7.34. The normalized spacial score (nSPS) is 9.69. The second-order valence-corrected chi connectivity index (χ2v) is 18.6. The summed E-state index contributed by atoms with van der Waals surface area (Å²) in [7, 11) is 1.97. The number of fused-ring (bicyclic) bond motifs is 5. The number of hydrogen-bond donors (Lipinski definition) is 5. The van der Waals surface area contributed by atoms with Crippen LogP contribution < -0.4 is 11.1 Å². The molecule has 1 radical (unpaired) electrons. The van der Waals surface area contributed by atoms with Gasteiger partial charge in [-0.25, -0.2) is 4.79 Å². The molecule has 0 saturated heterocycles. The van der Waals surface area contributed by atoms with Crippen LogP contribution in [0.3, 0.4) is 0 Å². The monoisotopic (exact) mass is 1210 g/mol. The first-order chi connectivity index (χ1) is 40.8. The summed E-state index contributed by atoms with van der Waals surface area (Å²) in [4.78, 5) is 89.7. The number of anilines is 2. The van der Waals surface area contributed by atoms with Crippen molar-refractivity contribution in [1.82, 2.24) is 23.7 Å². The molecule has 5 heterocycles. The summed E-state index contributed by atoms with van der Waals surface area (Å²) in [6, 6.07) is 40.9. The summed E-state index contributed by atoms with van der Waals surface area (Å²) in [5, 5.41) is 42.5. The van der Waals surface area contributed by atoms with Crippen molar-refractivity contribution in [3.8, 4) is 6.07 Å². The number of nitrogen functional groups attached to an aromatic ring is 1. The van der Waals surface area contributed by atoms with Crippen molar-refractivity contribution >= 4 is 133 Å². The Balaban J connectivity index is 0.000000516. The van der Waals surface area contributed by atoms with Crippen LogP contribution in [0, 0.1) is 31.6 Å². The molecule has 0 spiro atoms. The number of ether oxygens (including phenoxy) is 1. The molecule has 87 heavy (non-hydrogen) atoms. The molecule has 0 saturated carbocycles. The molecule has 6 N–H and O–H groups in total. The Kier molecular flexibility index (Phi) is 33.4. The number of nitrogens with zero attached hydrogens (tertiary/aromatic N) is 6. The van der Waals surface area contributed by atoms with Crippen LogP contribution in [-0.2, 0) is 23.9 Å². The molecule has 5 aromatic heterocycles. The molecule has 0 fully saturated rings. The van der Waals surface area contributed by atoms with Crippen LogP contribution >= 0.6 is 11.6 Å². The van der Waals surface area contributed by atoms with E-state index in [-0.39, 0.29) is 54.9 Å². The van der Waals surface area contributed by atoms with Crippen LogP contribution in [0.1, 0.15) is 84.1 Å². The Morgan fingerprint density at radius 3 is 1.61 bits per heavy atom. The first kappa shape index (κ1) is 75.0. The maximum atomic E-state index is 11.8. The summed E-state index contributed by atoms with van der Waals surface area (Å²) in [6.45, 7) is 16.1. The quantitative estimate of drug-likeness (QED) is 0.0247. The number of benzene rings is 5. The minimum absolute atomic E-state index is 0. The van der Waals surface area contributed by atoms with Gasteiger partial charge in [-0.3, -0.25) is 58.4 Å². The van der Waals surface area contributed by atoms with E-state index in [0.717, 1.165) is 27.3 Å². The fraction of sp³-hybridized carbons (Fsp3) is 0.233. The molecule has 457 valence electrons. The number of H-pyrrole nitrogens is 2. The molecule has 0 bridgehead atoms. The van der Waals surface area contributed by atoms with Crippen molar-refractivity contribution < 1.29 is 58.1 Å². The number of carbonyl (C=O) groups excluding carboxylic acids is 5. The molecule has 1 amide bonds. The van der Waals surface area contributed by atoms with Crippen LogP contribution in [0.2, 0.25) is 6.82 Å². The van der Waals surface area contributed by atoms with E-state index >= 15 is 0 Å². The Labute approximate surface area is 508 Å². The number of aliphatic hydroxyl groups excluding tert-OH is 1. The molecular weight excluding hydrogens is 1140 g/mol. The SMILES string of the molecule is C.CC#N.CC(=O)Cl.CC(=O)n1cc(N)c2ccccc21.CC(=O)n1cc(NC(=O)OC(C)(C)C)c2ccccc21.CC(=O)n1cc([N+](=O)[O-])c2ccccc21.CCO.C[B]OOCB=O.O=[N+]([O-])c1c[nH]c2ccccc12.c1ccc2[nH]ccc2c1. The van der Waals surface area contributed by atoms with Crippen molar-refractivity contribution in [3.05, 3.63) is 179 Å². The number of nitriles is 1. The van der Waals surface area contributed by atoms with Gasteiger partial charge in [-0.1, -0.05) is 86.3 Å². The average molecular weight is 1210 g/mol. The Bertz CT molecular complexity index is 3810. The van der Waals surface area contributed by atoms with Gasteiger partial charge in [0.1, 0.15) is 5.60 Å². The Morgan fingerprint density at radius 1 is 0.701 bits per heavy atom. The number of amides is 1. The Hall–Kier alpha value is -10.1. The fourth-order valence-corrected chi connectivity index (χ4v) is 7.32. The number of nitrogens with two attached hydrogens (primary N) is 1. The molecule has 24 nitrogen and oxygen atoms in total. The molecule has 0 unspecified atom stereocenters. The molecule has 10 rings (SSSR count). The molecule has 10 aromatic rings. The summed E-state index contributed by atoms with van der Waals surface area (Å²) < 4.78 is 19.0. The number of nitrogens with one attached hydrogen (secondary N) is 3. The molecular formula is C60H70B2ClN10O14. The van der Waals surface area contributed by atoms with E-state index in [0.29, 0.717) is 34.8 Å². The molecule has 0 aliphatic heterocycles. The van der Waals surface area contributed by atoms with Crippen molar-refractivity contribution in [2.75, 3.05) is 24.2 Å². The second-order valence-electron chi connectivity index (χ2n) is 18.1. The molecule has 0 aliphatic carbocycles. The zero-order chi connectivity index (χ0) is 64.5. The standard InChI is InChI=1S/C15H18N2O3.C10H8N2O3.C10H10N2O.C8H6N2O2.C8H7N.C2H5B2O3.C2H3ClO.C2H3N.C2H6O.CH4/c1-10(18)17-9-12(11-7-5-6-8-13(11)17)16-14(19)20-15(2,3)4;1-7(13)11-6-10(12(14)15)8-4-2-3-5-9(8)11;1-7(13)12-6-9(11)8-4-2-3-5-10(8)12;11-10(12)8-5-9-7-4-2-1-3-6(7)8;1-2-4-8-7(3-1)5-6-9-8;1-3-7-6-2-4-5;1-2(3)4;2*1-2-3;/h5-9H,1-4H3,(H,16,19);2-6H,1H3;2-6H,11H2,1H3;1-5,9H;1-6,9H;2H2,1H3;1H3;1H3;3H,2H2,1H3;1H4. The third kappa shape index (κ3) is 25.0. The third-order valence-electron chi connectivity index (χ3n) is 10.5. The van der Waals surface area contributed by atoms with E-state index in [4.69, 9.17) is 20.8 Å². The predicted molar refractivity (Wildman–Crippen MR) is 341 cm³/mol. The zero-order valence-electron chi connectivity index (χ0n) is 49.0. The first-order valence-corrected chi connectivity index (χ1v) is 26.2. The number of nitro groups is 2. The number of aliphatic hydroxyl groups is 1. The molecule has 0 aliphatic rings. The van der Waals surface area contributed by atoms with Gasteiger partial charge in [0, 0.05) is 76.1 Å². The molecule has 5 aromatic carbocycles. The van der Waals surface area contributed by atoms with Gasteiger partial charge in [-0.15, -0.1) is 0 Å².